The van der Waals surface area contributed by atoms with Crippen molar-refractivity contribution in [3.05, 3.63) is 53.2 Å². The lowest BCUT2D eigenvalue weighted by Crippen LogP contribution is -2.42. The third-order valence-corrected chi connectivity index (χ3v) is 4.50. The Kier molecular flexibility index (Phi) is 4.47. The van der Waals surface area contributed by atoms with Gasteiger partial charge in [-0.3, -0.25) is 0 Å². The Morgan fingerprint density at radius 1 is 1.22 bits per heavy atom. The van der Waals surface area contributed by atoms with E-state index in [1.54, 1.807) is 6.20 Å². The zero-order chi connectivity index (χ0) is 16.2. The number of nitrogens with zero attached hydrogens (tertiary/aromatic N) is 3. The Morgan fingerprint density at radius 3 is 2.78 bits per heavy atom. The van der Waals surface area contributed by atoms with E-state index in [1.165, 1.54) is 23.2 Å². The number of anilines is 2. The van der Waals surface area contributed by atoms with Crippen molar-refractivity contribution >= 4 is 11.5 Å². The number of pyridine rings is 1. The number of benzene rings is 1. The molecule has 118 valence electrons. The predicted molar refractivity (Wildman–Crippen MR) is 93.7 cm³/mol. The van der Waals surface area contributed by atoms with E-state index < -0.39 is 0 Å². The van der Waals surface area contributed by atoms with E-state index in [4.69, 9.17) is 5.26 Å². The number of nitriles is 1. The first-order valence-electron chi connectivity index (χ1n) is 8.10. The Labute approximate surface area is 137 Å². The molecule has 0 unspecified atom stereocenters. The molecule has 1 aromatic carbocycles. The van der Waals surface area contributed by atoms with Crippen LogP contribution in [0.15, 0.2) is 36.5 Å². The molecule has 23 heavy (non-hydrogen) atoms. The molecule has 2 aromatic rings. The summed E-state index contributed by atoms with van der Waals surface area (Å²) in [4.78, 5) is 6.71. The van der Waals surface area contributed by atoms with Crippen LogP contribution >= 0.6 is 0 Å². The molecule has 1 saturated heterocycles. The van der Waals surface area contributed by atoms with E-state index in [2.05, 4.69) is 53.3 Å². The summed E-state index contributed by atoms with van der Waals surface area (Å²) in [6, 6.07) is 12.8. The molecular weight excluding hydrogens is 284 g/mol. The van der Waals surface area contributed by atoms with Gasteiger partial charge >= 0.3 is 0 Å². The molecule has 3 rings (SSSR count). The average Bonchev–Trinajstić information content (AvgIpc) is 2.58. The van der Waals surface area contributed by atoms with Gasteiger partial charge in [-0.1, -0.05) is 6.07 Å². The molecule has 4 nitrogen and oxygen atoms in total. The standard InChI is InChI=1S/C19H22N4/c1-14-5-7-17(10-15(14)2)22-18-4-3-9-23(13-18)19-8-6-16(11-20)12-21-19/h5-8,10,12,18,22H,3-4,9,13H2,1-2H3/t18-/m1/s1. The van der Waals surface area contributed by atoms with Gasteiger partial charge in [-0.15, -0.1) is 0 Å². The quantitative estimate of drug-likeness (QED) is 0.940. The predicted octanol–water partition coefficient (Wildman–Crippen LogP) is 3.65. The lowest BCUT2D eigenvalue weighted by molar-refractivity contribution is 0.527. The highest BCUT2D eigenvalue weighted by atomic mass is 15.2. The minimum Gasteiger partial charge on any atom is -0.381 e. The molecule has 1 aliphatic rings. The first kappa shape index (κ1) is 15.4. The van der Waals surface area contributed by atoms with Crippen molar-refractivity contribution in [1.82, 2.24) is 4.98 Å². The molecule has 0 bridgehead atoms. The van der Waals surface area contributed by atoms with Crippen molar-refractivity contribution in [3.63, 3.8) is 0 Å². The van der Waals surface area contributed by atoms with E-state index in [1.807, 2.05) is 12.1 Å². The summed E-state index contributed by atoms with van der Waals surface area (Å²) >= 11 is 0. The van der Waals surface area contributed by atoms with Gasteiger partial charge in [0.05, 0.1) is 5.56 Å². The van der Waals surface area contributed by atoms with Crippen LogP contribution in [0.4, 0.5) is 11.5 Å². The summed E-state index contributed by atoms with van der Waals surface area (Å²) in [5.74, 6) is 0.954. The highest BCUT2D eigenvalue weighted by Crippen LogP contribution is 2.22. The van der Waals surface area contributed by atoms with Gasteiger partial charge in [0.15, 0.2) is 0 Å². The van der Waals surface area contributed by atoms with Crippen molar-refractivity contribution in [3.8, 4) is 6.07 Å². The van der Waals surface area contributed by atoms with Crippen LogP contribution in [0.5, 0.6) is 0 Å². The Bertz CT molecular complexity index is 715. The second-order valence-corrected chi connectivity index (χ2v) is 6.25. The van der Waals surface area contributed by atoms with Crippen LogP contribution in [0.25, 0.3) is 0 Å². The van der Waals surface area contributed by atoms with Crippen LogP contribution in [0.2, 0.25) is 0 Å². The topological polar surface area (TPSA) is 52.0 Å². The van der Waals surface area contributed by atoms with Gasteiger partial charge in [0.25, 0.3) is 0 Å². The second kappa shape index (κ2) is 6.70. The summed E-state index contributed by atoms with van der Waals surface area (Å²) < 4.78 is 0. The van der Waals surface area contributed by atoms with Crippen LogP contribution in [0, 0.1) is 25.2 Å². The monoisotopic (exact) mass is 306 g/mol. The van der Waals surface area contributed by atoms with Crippen molar-refractivity contribution < 1.29 is 0 Å². The lowest BCUT2D eigenvalue weighted by Gasteiger charge is -2.34. The largest absolute Gasteiger partial charge is 0.381 e. The first-order chi connectivity index (χ1) is 11.2. The Morgan fingerprint density at radius 2 is 2.09 bits per heavy atom. The van der Waals surface area contributed by atoms with Gasteiger partial charge in [0.2, 0.25) is 0 Å². The maximum atomic E-state index is 8.87. The second-order valence-electron chi connectivity index (χ2n) is 6.25. The third-order valence-electron chi connectivity index (χ3n) is 4.50. The summed E-state index contributed by atoms with van der Waals surface area (Å²) in [5, 5.41) is 12.5. The van der Waals surface area contributed by atoms with E-state index in [0.29, 0.717) is 11.6 Å². The van der Waals surface area contributed by atoms with E-state index in [-0.39, 0.29) is 0 Å². The van der Waals surface area contributed by atoms with Crippen molar-refractivity contribution in [2.24, 2.45) is 0 Å². The molecule has 1 N–H and O–H groups in total. The van der Waals surface area contributed by atoms with Crippen LogP contribution in [0.1, 0.15) is 29.5 Å². The van der Waals surface area contributed by atoms with E-state index >= 15 is 0 Å². The van der Waals surface area contributed by atoms with E-state index in [9.17, 15) is 0 Å². The number of hydrogen-bond donors (Lipinski definition) is 1. The maximum Gasteiger partial charge on any atom is 0.128 e. The molecule has 0 radical (unpaired) electrons. The number of nitrogens with one attached hydrogen (secondary N) is 1. The zero-order valence-electron chi connectivity index (χ0n) is 13.7. The summed E-state index contributed by atoms with van der Waals surface area (Å²) in [6.45, 7) is 6.24. The smallest absolute Gasteiger partial charge is 0.128 e. The first-order valence-corrected chi connectivity index (χ1v) is 8.10. The van der Waals surface area contributed by atoms with Crippen molar-refractivity contribution in [2.45, 2.75) is 32.7 Å². The SMILES string of the molecule is Cc1ccc(N[C@@H]2CCCN(c3ccc(C#N)cn3)C2)cc1C. The highest BCUT2D eigenvalue weighted by molar-refractivity contribution is 5.50. The molecule has 0 saturated carbocycles. The molecule has 1 aromatic heterocycles. The molecule has 0 spiro atoms. The molecule has 1 atom stereocenters. The maximum absolute atomic E-state index is 8.87. The minimum absolute atomic E-state index is 0.420. The zero-order valence-corrected chi connectivity index (χ0v) is 13.7. The third kappa shape index (κ3) is 3.62. The van der Waals surface area contributed by atoms with Gasteiger partial charge in [-0.25, -0.2) is 4.98 Å². The molecule has 0 aliphatic carbocycles. The fraction of sp³-hybridized carbons (Fsp3) is 0.368. The van der Waals surface area contributed by atoms with E-state index in [0.717, 1.165) is 25.3 Å². The molecule has 1 aliphatic heterocycles. The summed E-state index contributed by atoms with van der Waals surface area (Å²) in [5.41, 5.74) is 4.43. The average molecular weight is 306 g/mol. The van der Waals surface area contributed by atoms with Gasteiger partial charge < -0.3 is 10.2 Å². The van der Waals surface area contributed by atoms with Crippen molar-refractivity contribution in [2.75, 3.05) is 23.3 Å². The van der Waals surface area contributed by atoms with Crippen LogP contribution < -0.4 is 10.2 Å². The Balaban J connectivity index is 1.67. The number of aromatic nitrogens is 1. The molecule has 1 fully saturated rings. The van der Waals surface area contributed by atoms with Gasteiger partial charge in [-0.2, -0.15) is 5.26 Å². The molecular formula is C19H22N4. The highest BCUT2D eigenvalue weighted by Gasteiger charge is 2.20. The molecule has 4 heteroatoms. The summed E-state index contributed by atoms with van der Waals surface area (Å²) in [7, 11) is 0. The normalized spacial score (nSPS) is 17.6. The van der Waals surface area contributed by atoms with Crippen molar-refractivity contribution in [1.29, 1.82) is 5.26 Å². The minimum atomic E-state index is 0.420. The van der Waals surface area contributed by atoms with Crippen LogP contribution in [0.3, 0.4) is 0 Å². The Hall–Kier alpha value is -2.54. The number of rotatable bonds is 3. The van der Waals surface area contributed by atoms with Gasteiger partial charge in [-0.05, 0) is 62.1 Å². The van der Waals surface area contributed by atoms with Gasteiger partial charge in [0.1, 0.15) is 11.9 Å². The number of aryl methyl sites for hydroxylation is 2. The van der Waals surface area contributed by atoms with Gasteiger partial charge in [0, 0.05) is 31.0 Å². The molecule has 0 amide bonds. The number of hydrogen-bond acceptors (Lipinski definition) is 4. The number of piperidine rings is 1. The summed E-state index contributed by atoms with van der Waals surface area (Å²) in [6.07, 6.45) is 3.96. The van der Waals surface area contributed by atoms with Crippen LogP contribution in [-0.2, 0) is 0 Å². The molecule has 2 heterocycles. The fourth-order valence-corrected chi connectivity index (χ4v) is 3.01. The fourth-order valence-electron chi connectivity index (χ4n) is 3.01. The van der Waals surface area contributed by atoms with Crippen LogP contribution in [-0.4, -0.2) is 24.1 Å². The lowest BCUT2D eigenvalue weighted by atomic mass is 10.0.